The minimum Gasteiger partial charge on any atom is -0.451 e. The van der Waals surface area contributed by atoms with E-state index in [1.54, 1.807) is 29.0 Å². The third-order valence-electron chi connectivity index (χ3n) is 5.08. The maximum absolute atomic E-state index is 12.9. The molecule has 0 aliphatic carbocycles. The van der Waals surface area contributed by atoms with E-state index in [-0.39, 0.29) is 24.0 Å². The van der Waals surface area contributed by atoms with Crippen molar-refractivity contribution in [2.24, 2.45) is 0 Å². The van der Waals surface area contributed by atoms with E-state index in [1.807, 2.05) is 13.0 Å². The average Bonchev–Trinajstić information content (AvgIpc) is 3.04. The number of nitrogens with zero attached hydrogens (tertiary/aromatic N) is 2. The molecule has 1 aromatic heterocycles. The maximum atomic E-state index is 12.9. The number of furan rings is 1. The molecule has 0 unspecified atom stereocenters. The van der Waals surface area contributed by atoms with Gasteiger partial charge in [-0.3, -0.25) is 4.79 Å². The Labute approximate surface area is 144 Å². The molecule has 3 heterocycles. The summed E-state index contributed by atoms with van der Waals surface area (Å²) < 4.78 is 5.77. The van der Waals surface area contributed by atoms with Crippen molar-refractivity contribution in [1.29, 1.82) is 0 Å². The highest BCUT2D eigenvalue weighted by molar-refractivity contribution is 6.31. The number of rotatable bonds is 1. The number of halogens is 1. The van der Waals surface area contributed by atoms with Crippen LogP contribution in [0.1, 0.15) is 22.5 Å². The summed E-state index contributed by atoms with van der Waals surface area (Å²) in [6.45, 7) is 2.97. The number of fused-ring (bicyclic) bond motifs is 2. The first-order valence-corrected chi connectivity index (χ1v) is 8.35. The molecular formula is C17H18ClN3O3. The number of nitrogens with one attached hydrogen (secondary N) is 1. The minimum absolute atomic E-state index is 0.0284. The van der Waals surface area contributed by atoms with E-state index >= 15 is 0 Å². The lowest BCUT2D eigenvalue weighted by Gasteiger charge is -2.35. The van der Waals surface area contributed by atoms with Crippen LogP contribution in [0, 0.1) is 6.92 Å². The van der Waals surface area contributed by atoms with Crippen LogP contribution in [0.5, 0.6) is 0 Å². The molecule has 2 atom stereocenters. The standard InChI is InChI=1S/C17H18ClN3O3/c1-9-11-7-10(18)3-4-14(11)24-15(9)16(22)21-6-5-13-12(8-21)19-17(23)20(13)2/h3-4,7,12-13H,5-6,8H2,1-2H3,(H,19,23)/t12-,13+/m1/s1. The minimum atomic E-state index is -0.137. The van der Waals surface area contributed by atoms with E-state index in [2.05, 4.69) is 5.32 Å². The summed E-state index contributed by atoms with van der Waals surface area (Å²) in [5.74, 6) is 0.213. The van der Waals surface area contributed by atoms with Gasteiger partial charge in [0.2, 0.25) is 0 Å². The number of hydrogen-bond donors (Lipinski definition) is 1. The largest absolute Gasteiger partial charge is 0.451 e. The lowest BCUT2D eigenvalue weighted by Crippen LogP contribution is -2.52. The number of carbonyl (C=O) groups is 2. The van der Waals surface area contributed by atoms with Crippen LogP contribution in [0.2, 0.25) is 5.02 Å². The van der Waals surface area contributed by atoms with Crippen LogP contribution in [0.15, 0.2) is 22.6 Å². The van der Waals surface area contributed by atoms with E-state index < -0.39 is 0 Å². The third kappa shape index (κ3) is 2.24. The van der Waals surface area contributed by atoms with Crippen molar-refractivity contribution in [2.45, 2.75) is 25.4 Å². The Morgan fingerprint density at radius 2 is 2.21 bits per heavy atom. The molecule has 3 amide bonds. The Morgan fingerprint density at radius 1 is 1.42 bits per heavy atom. The maximum Gasteiger partial charge on any atom is 0.317 e. The SMILES string of the molecule is Cc1c(C(=O)N2CC[C@H]3[C@@H](C2)NC(=O)N3C)oc2ccc(Cl)cc12. The number of likely N-dealkylation sites (tertiary alicyclic amines) is 1. The van der Waals surface area contributed by atoms with Gasteiger partial charge in [-0.15, -0.1) is 0 Å². The molecule has 0 saturated carbocycles. The molecule has 24 heavy (non-hydrogen) atoms. The molecule has 2 aliphatic heterocycles. The topological polar surface area (TPSA) is 65.8 Å². The Kier molecular flexibility index (Phi) is 3.46. The van der Waals surface area contributed by atoms with Gasteiger partial charge in [0.1, 0.15) is 5.58 Å². The molecule has 0 spiro atoms. The molecule has 2 aliphatic rings. The summed E-state index contributed by atoms with van der Waals surface area (Å²) in [7, 11) is 1.80. The van der Waals surface area contributed by atoms with Gasteiger partial charge in [-0.1, -0.05) is 11.6 Å². The zero-order valence-electron chi connectivity index (χ0n) is 13.5. The highest BCUT2D eigenvalue weighted by Gasteiger charge is 2.42. The highest BCUT2D eigenvalue weighted by atomic mass is 35.5. The van der Waals surface area contributed by atoms with Crippen LogP contribution in [0.3, 0.4) is 0 Å². The second-order valence-corrected chi connectivity index (χ2v) is 6.91. The van der Waals surface area contributed by atoms with E-state index in [0.29, 0.717) is 29.5 Å². The van der Waals surface area contributed by atoms with Gasteiger partial charge in [-0.05, 0) is 31.5 Å². The van der Waals surface area contributed by atoms with Crippen molar-refractivity contribution >= 4 is 34.5 Å². The molecule has 2 saturated heterocycles. The Hall–Kier alpha value is -2.21. The summed E-state index contributed by atoms with van der Waals surface area (Å²) in [6.07, 6.45) is 0.761. The van der Waals surface area contributed by atoms with Crippen LogP contribution in [0.4, 0.5) is 4.79 Å². The van der Waals surface area contributed by atoms with E-state index in [4.69, 9.17) is 16.0 Å². The Balaban J connectivity index is 1.61. The number of urea groups is 1. The number of hydrogen-bond acceptors (Lipinski definition) is 3. The van der Waals surface area contributed by atoms with E-state index in [9.17, 15) is 9.59 Å². The zero-order chi connectivity index (χ0) is 17.0. The van der Waals surface area contributed by atoms with E-state index in [1.165, 1.54) is 0 Å². The molecule has 0 radical (unpaired) electrons. The van der Waals surface area contributed by atoms with Crippen molar-refractivity contribution in [3.63, 3.8) is 0 Å². The highest BCUT2D eigenvalue weighted by Crippen LogP contribution is 2.30. The Morgan fingerprint density at radius 3 is 3.00 bits per heavy atom. The number of aryl methyl sites for hydroxylation is 1. The van der Waals surface area contributed by atoms with Crippen molar-refractivity contribution < 1.29 is 14.0 Å². The fourth-order valence-corrected chi connectivity index (χ4v) is 3.85. The predicted molar refractivity (Wildman–Crippen MR) is 90.4 cm³/mol. The molecule has 2 aromatic rings. The predicted octanol–water partition coefficient (Wildman–Crippen LogP) is 2.63. The molecule has 0 bridgehead atoms. The smallest absolute Gasteiger partial charge is 0.317 e. The van der Waals surface area contributed by atoms with Gasteiger partial charge in [0, 0.05) is 36.1 Å². The van der Waals surface area contributed by atoms with Crippen LogP contribution < -0.4 is 5.32 Å². The van der Waals surface area contributed by atoms with E-state index in [0.717, 1.165) is 17.4 Å². The molecule has 6 nitrogen and oxygen atoms in total. The fraction of sp³-hybridized carbons (Fsp3) is 0.412. The summed E-state index contributed by atoms with van der Waals surface area (Å²) >= 11 is 6.03. The van der Waals surface area contributed by atoms with Gasteiger partial charge < -0.3 is 19.5 Å². The van der Waals surface area contributed by atoms with Crippen LogP contribution in [0.25, 0.3) is 11.0 Å². The summed E-state index contributed by atoms with van der Waals surface area (Å²) in [5, 5.41) is 4.41. The van der Waals surface area contributed by atoms with Crippen molar-refractivity contribution in [3.8, 4) is 0 Å². The molecule has 7 heteroatoms. The monoisotopic (exact) mass is 347 g/mol. The molecule has 2 fully saturated rings. The average molecular weight is 348 g/mol. The second kappa shape index (κ2) is 5.41. The summed E-state index contributed by atoms with van der Waals surface area (Å²) in [6, 6.07) is 5.38. The first-order valence-electron chi connectivity index (χ1n) is 7.97. The van der Waals surface area contributed by atoms with Gasteiger partial charge in [0.25, 0.3) is 5.91 Å². The summed E-state index contributed by atoms with van der Waals surface area (Å²) in [5.41, 5.74) is 1.45. The van der Waals surface area contributed by atoms with Gasteiger partial charge in [0.15, 0.2) is 5.76 Å². The molecule has 1 N–H and O–H groups in total. The quantitative estimate of drug-likeness (QED) is 0.862. The Bertz CT molecular complexity index is 847. The number of carbonyl (C=O) groups excluding carboxylic acids is 2. The zero-order valence-corrected chi connectivity index (χ0v) is 14.3. The van der Waals surface area contributed by atoms with Crippen molar-refractivity contribution in [1.82, 2.24) is 15.1 Å². The molecule has 1 aromatic carbocycles. The number of amides is 3. The lowest BCUT2D eigenvalue weighted by molar-refractivity contribution is 0.0636. The first kappa shape index (κ1) is 15.3. The van der Waals surface area contributed by atoms with Crippen LogP contribution in [-0.2, 0) is 0 Å². The number of benzene rings is 1. The van der Waals surface area contributed by atoms with Gasteiger partial charge in [-0.25, -0.2) is 4.79 Å². The number of likely N-dealkylation sites (N-methyl/N-ethyl adjacent to an activating group) is 1. The van der Waals surface area contributed by atoms with Crippen LogP contribution >= 0.6 is 11.6 Å². The normalized spacial score (nSPS) is 23.5. The van der Waals surface area contributed by atoms with Crippen molar-refractivity contribution in [2.75, 3.05) is 20.1 Å². The van der Waals surface area contributed by atoms with Gasteiger partial charge in [0.05, 0.1) is 12.1 Å². The third-order valence-corrected chi connectivity index (χ3v) is 5.32. The molecule has 126 valence electrons. The fourth-order valence-electron chi connectivity index (χ4n) is 3.68. The lowest BCUT2D eigenvalue weighted by atomic mass is 10.00. The van der Waals surface area contributed by atoms with Crippen molar-refractivity contribution in [3.05, 3.63) is 34.5 Å². The van der Waals surface area contributed by atoms with Gasteiger partial charge >= 0.3 is 6.03 Å². The molecular weight excluding hydrogens is 330 g/mol. The molecule has 4 rings (SSSR count). The summed E-state index contributed by atoms with van der Waals surface area (Å²) in [4.78, 5) is 28.2. The van der Waals surface area contributed by atoms with Gasteiger partial charge in [-0.2, -0.15) is 0 Å². The van der Waals surface area contributed by atoms with Crippen LogP contribution in [-0.4, -0.2) is 54.0 Å². The second-order valence-electron chi connectivity index (χ2n) is 6.47. The first-order chi connectivity index (χ1) is 11.5. The number of piperidine rings is 1.